The Hall–Kier alpha value is -2.58. The highest BCUT2D eigenvalue weighted by molar-refractivity contribution is 8.00. The highest BCUT2D eigenvalue weighted by atomic mass is 35.5. The first-order chi connectivity index (χ1) is 14.3. The summed E-state index contributed by atoms with van der Waals surface area (Å²) in [5.41, 5.74) is 2.04. The number of hydrogen-bond donors (Lipinski definition) is 2. The molecule has 1 fully saturated rings. The Morgan fingerprint density at radius 1 is 1.27 bits per heavy atom. The van der Waals surface area contributed by atoms with Crippen LogP contribution in [0, 0.1) is 16.0 Å². The van der Waals surface area contributed by atoms with Gasteiger partial charge in [0.1, 0.15) is 6.04 Å². The van der Waals surface area contributed by atoms with E-state index < -0.39 is 22.3 Å². The number of carbonyl (C=O) groups is 2. The number of benzene rings is 2. The van der Waals surface area contributed by atoms with E-state index in [-0.39, 0.29) is 28.6 Å². The van der Waals surface area contributed by atoms with Crippen LogP contribution in [0.4, 0.5) is 11.4 Å². The number of ketones is 1. The van der Waals surface area contributed by atoms with Gasteiger partial charge in [-0.25, -0.2) is 4.79 Å². The number of carboxylic acids is 1. The van der Waals surface area contributed by atoms with Crippen LogP contribution >= 0.6 is 23.4 Å². The third-order valence-electron chi connectivity index (χ3n) is 5.83. The Labute approximate surface area is 182 Å². The van der Waals surface area contributed by atoms with Gasteiger partial charge in [-0.3, -0.25) is 14.9 Å². The zero-order chi connectivity index (χ0) is 21.6. The fourth-order valence-electron chi connectivity index (χ4n) is 4.45. The second kappa shape index (κ2) is 7.92. The van der Waals surface area contributed by atoms with Crippen LogP contribution in [0.25, 0.3) is 0 Å². The highest BCUT2D eigenvalue weighted by Gasteiger charge is 2.52. The average molecular weight is 447 g/mol. The van der Waals surface area contributed by atoms with Crippen molar-refractivity contribution in [3.63, 3.8) is 0 Å². The molecular weight excluding hydrogens is 428 g/mol. The van der Waals surface area contributed by atoms with Crippen molar-refractivity contribution in [1.29, 1.82) is 0 Å². The predicted molar refractivity (Wildman–Crippen MR) is 115 cm³/mol. The van der Waals surface area contributed by atoms with Gasteiger partial charge in [0.15, 0.2) is 5.78 Å². The smallest absolute Gasteiger partial charge is 0.326 e. The number of nitro groups is 1. The minimum Gasteiger partial charge on any atom is -0.480 e. The molecular formula is C21H19ClN2O5S. The van der Waals surface area contributed by atoms with Gasteiger partial charge in [-0.05, 0) is 49.1 Å². The van der Waals surface area contributed by atoms with Crippen LogP contribution in [0.3, 0.4) is 0 Å². The van der Waals surface area contributed by atoms with Crippen LogP contribution in [0.1, 0.15) is 35.2 Å². The summed E-state index contributed by atoms with van der Waals surface area (Å²) in [4.78, 5) is 35.3. The lowest BCUT2D eigenvalue weighted by Gasteiger charge is -2.36. The molecule has 7 nitrogen and oxygen atoms in total. The molecule has 1 aliphatic heterocycles. The molecule has 0 spiro atoms. The topological polar surface area (TPSA) is 110 Å². The van der Waals surface area contributed by atoms with E-state index in [0.717, 1.165) is 5.56 Å². The summed E-state index contributed by atoms with van der Waals surface area (Å²) >= 11 is 8.18. The quantitative estimate of drug-likeness (QED) is 0.300. The normalized spacial score (nSPS) is 26.9. The van der Waals surface area contributed by atoms with E-state index in [2.05, 4.69) is 5.32 Å². The van der Waals surface area contributed by atoms with E-state index in [1.165, 1.54) is 24.8 Å². The van der Waals surface area contributed by atoms with E-state index in [0.29, 0.717) is 22.6 Å². The van der Waals surface area contributed by atoms with E-state index in [9.17, 15) is 24.8 Å². The van der Waals surface area contributed by atoms with Crippen LogP contribution in [-0.2, 0) is 4.79 Å². The molecule has 2 N–H and O–H groups in total. The summed E-state index contributed by atoms with van der Waals surface area (Å²) in [6.07, 6.45) is 0.489. The first-order valence-electron chi connectivity index (χ1n) is 9.46. The second-order valence-corrected chi connectivity index (χ2v) is 9.35. The number of halogens is 1. The standard InChI is InChI=1S/C21H19ClN2O5S/c1-10(25)11-6-7-14-12(8-11)18-13(20(23-14)21(26)27)9-17(19(18)22)30-16-5-3-2-4-15(16)24(28)29/h2-8,13,17-20,23H,9H2,1H3,(H,26,27)/t13-,17+,18+,19+,20-/m1/s1. The molecule has 0 bridgehead atoms. The Morgan fingerprint density at radius 2 is 2.00 bits per heavy atom. The summed E-state index contributed by atoms with van der Waals surface area (Å²) in [7, 11) is 0. The number of alkyl halides is 1. The van der Waals surface area contributed by atoms with Crippen molar-refractivity contribution in [2.75, 3.05) is 5.32 Å². The third kappa shape index (κ3) is 3.54. The van der Waals surface area contributed by atoms with Crippen molar-refractivity contribution < 1.29 is 19.6 Å². The Morgan fingerprint density at radius 3 is 2.67 bits per heavy atom. The molecule has 5 atom stereocenters. The van der Waals surface area contributed by atoms with E-state index >= 15 is 0 Å². The van der Waals surface area contributed by atoms with Crippen molar-refractivity contribution in [2.24, 2.45) is 5.92 Å². The fraction of sp³-hybridized carbons (Fsp3) is 0.333. The lowest BCUT2D eigenvalue weighted by atomic mass is 9.79. The summed E-state index contributed by atoms with van der Waals surface area (Å²) in [5, 5.41) is 23.6. The van der Waals surface area contributed by atoms with E-state index in [1.807, 2.05) is 0 Å². The Balaban J connectivity index is 1.72. The first-order valence-corrected chi connectivity index (χ1v) is 10.8. The number of nitro benzene ring substituents is 1. The number of carboxylic acid groups (broad SMARTS) is 1. The van der Waals surface area contributed by atoms with Gasteiger partial charge in [-0.15, -0.1) is 23.4 Å². The Kier molecular flexibility index (Phi) is 5.46. The van der Waals surface area contributed by atoms with E-state index in [1.54, 1.807) is 36.4 Å². The molecule has 30 heavy (non-hydrogen) atoms. The predicted octanol–water partition coefficient (Wildman–Crippen LogP) is 4.55. The maximum Gasteiger partial charge on any atom is 0.326 e. The molecule has 156 valence electrons. The van der Waals surface area contributed by atoms with Crippen molar-refractivity contribution in [2.45, 2.75) is 40.8 Å². The summed E-state index contributed by atoms with van der Waals surface area (Å²) < 4.78 is 0. The first kappa shape index (κ1) is 20.7. The number of Topliss-reactive ketones (excluding diaryl/α,β-unsaturated/α-hetero) is 1. The average Bonchev–Trinajstić information content (AvgIpc) is 3.03. The summed E-state index contributed by atoms with van der Waals surface area (Å²) in [6, 6.07) is 10.8. The minimum absolute atomic E-state index is 0.00779. The van der Waals surface area contributed by atoms with Crippen molar-refractivity contribution in [3.8, 4) is 0 Å². The number of nitrogens with zero attached hydrogens (tertiary/aromatic N) is 1. The lowest BCUT2D eigenvalue weighted by Crippen LogP contribution is -2.42. The van der Waals surface area contributed by atoms with Crippen molar-refractivity contribution in [1.82, 2.24) is 0 Å². The molecule has 0 unspecified atom stereocenters. The molecule has 9 heteroatoms. The number of hydrogen-bond acceptors (Lipinski definition) is 6. The van der Waals surface area contributed by atoms with Gasteiger partial charge < -0.3 is 10.4 Å². The summed E-state index contributed by atoms with van der Waals surface area (Å²) in [5.74, 6) is -1.61. The SMILES string of the molecule is CC(=O)c1ccc2c(c1)[C@@H]1[C@@H](Cl)[C@@H](Sc3ccccc3[N+](=O)[O-])C[C@H]1[C@H](C(=O)O)N2. The number of carbonyl (C=O) groups excluding carboxylic acids is 1. The van der Waals surface area contributed by atoms with Crippen molar-refractivity contribution in [3.05, 3.63) is 63.7 Å². The molecule has 2 aromatic rings. The van der Waals surface area contributed by atoms with Gasteiger partial charge in [0.2, 0.25) is 0 Å². The highest BCUT2D eigenvalue weighted by Crippen LogP contribution is 2.55. The number of anilines is 1. The van der Waals surface area contributed by atoms with Crippen LogP contribution in [0.2, 0.25) is 0 Å². The van der Waals surface area contributed by atoms with Gasteiger partial charge >= 0.3 is 5.97 Å². The third-order valence-corrected chi connectivity index (χ3v) is 7.94. The van der Waals surface area contributed by atoms with Crippen LogP contribution in [0.5, 0.6) is 0 Å². The zero-order valence-corrected chi connectivity index (χ0v) is 17.5. The van der Waals surface area contributed by atoms with Crippen LogP contribution < -0.4 is 5.32 Å². The number of rotatable bonds is 5. The number of fused-ring (bicyclic) bond motifs is 3. The molecule has 0 aromatic heterocycles. The number of thioether (sulfide) groups is 1. The van der Waals surface area contributed by atoms with Crippen LogP contribution in [-0.4, -0.2) is 38.5 Å². The van der Waals surface area contributed by atoms with Crippen LogP contribution in [0.15, 0.2) is 47.4 Å². The molecule has 0 saturated heterocycles. The van der Waals surface area contributed by atoms with Gasteiger partial charge in [0.25, 0.3) is 5.69 Å². The molecule has 4 rings (SSSR count). The van der Waals surface area contributed by atoms with Gasteiger partial charge in [0, 0.05) is 28.5 Å². The molecule has 2 aromatic carbocycles. The molecule has 0 radical (unpaired) electrons. The second-order valence-electron chi connectivity index (χ2n) is 7.57. The number of nitrogens with one attached hydrogen (secondary N) is 1. The van der Waals surface area contributed by atoms with E-state index in [4.69, 9.17) is 11.6 Å². The fourth-order valence-corrected chi connectivity index (χ4v) is 6.39. The maximum atomic E-state index is 11.9. The Bertz CT molecular complexity index is 1050. The monoisotopic (exact) mass is 446 g/mol. The molecule has 1 saturated carbocycles. The van der Waals surface area contributed by atoms with Gasteiger partial charge in [-0.1, -0.05) is 12.1 Å². The maximum absolute atomic E-state index is 11.9. The van der Waals surface area contributed by atoms with Gasteiger partial charge in [-0.2, -0.15) is 0 Å². The molecule has 1 aliphatic carbocycles. The largest absolute Gasteiger partial charge is 0.480 e. The minimum atomic E-state index is -0.966. The summed E-state index contributed by atoms with van der Waals surface area (Å²) in [6.45, 7) is 1.48. The number of para-hydroxylation sites is 1. The van der Waals surface area contributed by atoms with Gasteiger partial charge in [0.05, 0.1) is 15.2 Å². The molecule has 1 heterocycles. The molecule has 0 amide bonds. The molecule has 2 aliphatic rings. The number of aliphatic carboxylic acids is 1. The zero-order valence-electron chi connectivity index (χ0n) is 15.9. The lowest BCUT2D eigenvalue weighted by molar-refractivity contribution is -0.387. The van der Waals surface area contributed by atoms with Crippen molar-refractivity contribution >= 4 is 46.5 Å².